The molecule has 86 valence electrons. The number of ether oxygens (including phenoxy) is 1. The summed E-state index contributed by atoms with van der Waals surface area (Å²) in [7, 11) is 0. The molecule has 0 saturated carbocycles. The second-order valence-electron chi connectivity index (χ2n) is 3.76. The maximum atomic E-state index is 5.56. The van der Waals surface area contributed by atoms with Crippen LogP contribution < -0.4 is 5.73 Å². The average Bonchev–Trinajstić information content (AvgIpc) is 2.59. The fourth-order valence-corrected chi connectivity index (χ4v) is 1.47. The summed E-state index contributed by atoms with van der Waals surface area (Å²) in [6, 6.07) is 1.98. The molecule has 0 aliphatic carbocycles. The van der Waals surface area contributed by atoms with Crippen molar-refractivity contribution in [1.29, 1.82) is 0 Å². The molecular formula is C12H21NO2. The highest BCUT2D eigenvalue weighted by Gasteiger charge is 2.05. The smallest absolute Gasteiger partial charge is 0.118 e. The molecule has 0 bridgehead atoms. The highest BCUT2D eigenvalue weighted by atomic mass is 16.5. The third-order valence-electron chi connectivity index (χ3n) is 2.42. The second-order valence-corrected chi connectivity index (χ2v) is 3.76. The molecule has 0 unspecified atom stereocenters. The Morgan fingerprint density at radius 2 is 2.20 bits per heavy atom. The van der Waals surface area contributed by atoms with Gasteiger partial charge in [0.05, 0.1) is 13.2 Å². The number of unbranched alkanes of at least 4 members (excludes halogenated alkanes) is 2. The van der Waals surface area contributed by atoms with Crippen molar-refractivity contribution in [2.24, 2.45) is 5.73 Å². The van der Waals surface area contributed by atoms with Crippen LogP contribution in [0.3, 0.4) is 0 Å². The maximum absolute atomic E-state index is 5.56. The summed E-state index contributed by atoms with van der Waals surface area (Å²) >= 11 is 0. The van der Waals surface area contributed by atoms with Crippen molar-refractivity contribution in [3.05, 3.63) is 23.2 Å². The van der Waals surface area contributed by atoms with Crippen LogP contribution in [-0.2, 0) is 17.9 Å². The topological polar surface area (TPSA) is 48.4 Å². The lowest BCUT2D eigenvalue weighted by Gasteiger charge is -2.01. The van der Waals surface area contributed by atoms with Crippen LogP contribution in [0.2, 0.25) is 0 Å². The predicted octanol–water partition coefficient (Wildman–Crippen LogP) is 2.75. The van der Waals surface area contributed by atoms with Crippen LogP contribution >= 0.6 is 0 Å². The number of hydrogen-bond acceptors (Lipinski definition) is 3. The Hall–Kier alpha value is -0.800. The summed E-state index contributed by atoms with van der Waals surface area (Å²) < 4.78 is 11.0. The molecule has 0 atom stereocenters. The van der Waals surface area contributed by atoms with E-state index in [1.807, 2.05) is 13.0 Å². The van der Waals surface area contributed by atoms with Crippen LogP contribution in [0, 0.1) is 6.92 Å². The summed E-state index contributed by atoms with van der Waals surface area (Å²) in [5, 5.41) is 0. The molecule has 1 heterocycles. The molecule has 1 aromatic heterocycles. The first-order valence-electron chi connectivity index (χ1n) is 5.64. The van der Waals surface area contributed by atoms with E-state index >= 15 is 0 Å². The first-order valence-corrected chi connectivity index (χ1v) is 5.64. The normalized spacial score (nSPS) is 10.9. The van der Waals surface area contributed by atoms with Gasteiger partial charge in [-0.15, -0.1) is 0 Å². The van der Waals surface area contributed by atoms with Crippen LogP contribution in [0.4, 0.5) is 0 Å². The van der Waals surface area contributed by atoms with Gasteiger partial charge < -0.3 is 14.9 Å². The zero-order valence-corrected chi connectivity index (χ0v) is 9.71. The van der Waals surface area contributed by atoms with Crippen LogP contribution in [0.5, 0.6) is 0 Å². The minimum atomic E-state index is 0.455. The van der Waals surface area contributed by atoms with E-state index < -0.39 is 0 Å². The Labute approximate surface area is 91.6 Å². The Bertz CT molecular complexity index is 281. The van der Waals surface area contributed by atoms with E-state index in [0.29, 0.717) is 13.2 Å². The molecule has 0 aromatic carbocycles. The van der Waals surface area contributed by atoms with Gasteiger partial charge in [0.2, 0.25) is 0 Å². The van der Waals surface area contributed by atoms with Gasteiger partial charge in [-0.05, 0) is 19.4 Å². The Kier molecular flexibility index (Phi) is 5.43. The number of hydrogen-bond donors (Lipinski definition) is 1. The molecule has 15 heavy (non-hydrogen) atoms. The largest absolute Gasteiger partial charge is 0.465 e. The third-order valence-corrected chi connectivity index (χ3v) is 2.42. The van der Waals surface area contributed by atoms with Gasteiger partial charge in [-0.2, -0.15) is 0 Å². The monoisotopic (exact) mass is 211 g/mol. The van der Waals surface area contributed by atoms with Gasteiger partial charge in [0.15, 0.2) is 0 Å². The van der Waals surface area contributed by atoms with Gasteiger partial charge in [-0.25, -0.2) is 0 Å². The zero-order chi connectivity index (χ0) is 11.1. The number of nitrogens with two attached hydrogens (primary N) is 1. The summed E-state index contributed by atoms with van der Waals surface area (Å²) in [5.74, 6) is 1.76. The number of aryl methyl sites for hydroxylation is 1. The molecular weight excluding hydrogens is 190 g/mol. The Morgan fingerprint density at radius 3 is 2.80 bits per heavy atom. The summed E-state index contributed by atoms with van der Waals surface area (Å²) in [5.41, 5.74) is 6.61. The van der Waals surface area contributed by atoms with Crippen molar-refractivity contribution in [2.45, 2.75) is 46.3 Å². The molecule has 0 fully saturated rings. The van der Waals surface area contributed by atoms with Crippen LogP contribution in [0.1, 0.15) is 43.3 Å². The van der Waals surface area contributed by atoms with Crippen molar-refractivity contribution < 1.29 is 9.15 Å². The molecule has 0 saturated heterocycles. The second kappa shape index (κ2) is 6.64. The lowest BCUT2D eigenvalue weighted by Crippen LogP contribution is -1.96. The molecule has 3 heteroatoms. The van der Waals surface area contributed by atoms with E-state index in [-0.39, 0.29) is 0 Å². The van der Waals surface area contributed by atoms with E-state index in [1.54, 1.807) is 0 Å². The van der Waals surface area contributed by atoms with Crippen molar-refractivity contribution >= 4 is 0 Å². The Morgan fingerprint density at radius 1 is 1.40 bits per heavy atom. The first-order chi connectivity index (χ1) is 7.27. The summed E-state index contributed by atoms with van der Waals surface area (Å²) in [6.07, 6.45) is 3.60. The molecule has 0 amide bonds. The fourth-order valence-electron chi connectivity index (χ4n) is 1.47. The van der Waals surface area contributed by atoms with Crippen LogP contribution in [0.15, 0.2) is 10.5 Å². The van der Waals surface area contributed by atoms with Gasteiger partial charge in [0, 0.05) is 12.2 Å². The third kappa shape index (κ3) is 4.06. The molecule has 1 rings (SSSR count). The lowest BCUT2D eigenvalue weighted by molar-refractivity contribution is 0.116. The van der Waals surface area contributed by atoms with Gasteiger partial charge >= 0.3 is 0 Å². The van der Waals surface area contributed by atoms with Gasteiger partial charge in [-0.3, -0.25) is 0 Å². The molecule has 0 spiro atoms. The van der Waals surface area contributed by atoms with Crippen molar-refractivity contribution in [2.75, 3.05) is 6.61 Å². The molecule has 3 nitrogen and oxygen atoms in total. The molecule has 0 aliphatic heterocycles. The molecule has 0 aliphatic rings. The Balaban J connectivity index is 2.27. The number of rotatable bonds is 7. The average molecular weight is 211 g/mol. The van der Waals surface area contributed by atoms with Crippen molar-refractivity contribution in [3.8, 4) is 0 Å². The van der Waals surface area contributed by atoms with E-state index in [0.717, 1.165) is 30.1 Å². The van der Waals surface area contributed by atoms with Gasteiger partial charge in [-0.1, -0.05) is 19.8 Å². The summed E-state index contributed by atoms with van der Waals surface area (Å²) in [4.78, 5) is 0. The first kappa shape index (κ1) is 12.3. The SMILES string of the molecule is CCCCCOCc1cc(CN)oc1C. The maximum Gasteiger partial charge on any atom is 0.118 e. The van der Waals surface area contributed by atoms with E-state index in [9.17, 15) is 0 Å². The molecule has 1 aromatic rings. The highest BCUT2D eigenvalue weighted by molar-refractivity contribution is 5.19. The van der Waals surface area contributed by atoms with Crippen molar-refractivity contribution in [3.63, 3.8) is 0 Å². The van der Waals surface area contributed by atoms with Crippen LogP contribution in [0.25, 0.3) is 0 Å². The highest BCUT2D eigenvalue weighted by Crippen LogP contribution is 2.15. The minimum absolute atomic E-state index is 0.455. The molecule has 2 N–H and O–H groups in total. The minimum Gasteiger partial charge on any atom is -0.465 e. The summed E-state index contributed by atoms with van der Waals surface area (Å²) in [6.45, 7) is 6.06. The lowest BCUT2D eigenvalue weighted by atomic mass is 10.2. The van der Waals surface area contributed by atoms with E-state index in [1.165, 1.54) is 12.8 Å². The quantitative estimate of drug-likeness (QED) is 0.705. The predicted molar refractivity (Wildman–Crippen MR) is 60.5 cm³/mol. The molecule has 0 radical (unpaired) electrons. The zero-order valence-electron chi connectivity index (χ0n) is 9.71. The van der Waals surface area contributed by atoms with Gasteiger partial charge in [0.1, 0.15) is 11.5 Å². The standard InChI is InChI=1S/C12H21NO2/c1-3-4-5-6-14-9-11-7-12(8-13)15-10(11)2/h7H,3-6,8-9,13H2,1-2H3. The number of furan rings is 1. The van der Waals surface area contributed by atoms with E-state index in [4.69, 9.17) is 14.9 Å². The van der Waals surface area contributed by atoms with Crippen molar-refractivity contribution in [1.82, 2.24) is 0 Å². The van der Waals surface area contributed by atoms with Crippen LogP contribution in [-0.4, -0.2) is 6.61 Å². The fraction of sp³-hybridized carbons (Fsp3) is 0.667. The van der Waals surface area contributed by atoms with Gasteiger partial charge in [0.25, 0.3) is 0 Å². The van der Waals surface area contributed by atoms with E-state index in [2.05, 4.69) is 6.92 Å².